The van der Waals surface area contributed by atoms with Crippen molar-refractivity contribution in [2.75, 3.05) is 13.2 Å². The second kappa shape index (κ2) is 69.8. The van der Waals surface area contributed by atoms with Gasteiger partial charge in [-0.05, 0) is 103 Å². The van der Waals surface area contributed by atoms with Gasteiger partial charge in [-0.3, -0.25) is 14.4 Å². The molecular formula is C76H132O6. The maximum absolute atomic E-state index is 12.9. The Morgan fingerprint density at radius 2 is 0.476 bits per heavy atom. The fourth-order valence-corrected chi connectivity index (χ4v) is 10.1. The lowest BCUT2D eigenvalue weighted by atomic mass is 10.0. The van der Waals surface area contributed by atoms with Crippen LogP contribution in [0.25, 0.3) is 0 Å². The third-order valence-electron chi connectivity index (χ3n) is 15.3. The van der Waals surface area contributed by atoms with Crippen LogP contribution in [0.1, 0.15) is 348 Å². The van der Waals surface area contributed by atoms with Crippen molar-refractivity contribution in [3.8, 4) is 0 Å². The van der Waals surface area contributed by atoms with Crippen molar-refractivity contribution >= 4 is 17.9 Å². The molecule has 6 nitrogen and oxygen atoms in total. The van der Waals surface area contributed by atoms with Gasteiger partial charge in [-0.15, -0.1) is 0 Å². The highest BCUT2D eigenvalue weighted by molar-refractivity contribution is 5.71. The summed E-state index contributed by atoms with van der Waals surface area (Å²) >= 11 is 0. The molecule has 472 valence electrons. The van der Waals surface area contributed by atoms with E-state index in [4.69, 9.17) is 14.2 Å². The second-order valence-corrected chi connectivity index (χ2v) is 23.4. The van der Waals surface area contributed by atoms with Crippen molar-refractivity contribution in [2.45, 2.75) is 354 Å². The molecule has 82 heavy (non-hydrogen) atoms. The van der Waals surface area contributed by atoms with Gasteiger partial charge in [-0.25, -0.2) is 0 Å². The van der Waals surface area contributed by atoms with Gasteiger partial charge < -0.3 is 14.2 Å². The molecule has 0 aliphatic rings. The number of carbonyl (C=O) groups is 3. The summed E-state index contributed by atoms with van der Waals surface area (Å²) in [5.41, 5.74) is 0. The van der Waals surface area contributed by atoms with Gasteiger partial charge in [0, 0.05) is 19.3 Å². The lowest BCUT2D eigenvalue weighted by Gasteiger charge is -2.18. The lowest BCUT2D eigenvalue weighted by molar-refractivity contribution is -0.167. The predicted molar refractivity (Wildman–Crippen MR) is 357 cm³/mol. The Bertz CT molecular complexity index is 1590. The smallest absolute Gasteiger partial charge is 0.306 e. The van der Waals surface area contributed by atoms with Crippen LogP contribution in [0.3, 0.4) is 0 Å². The quantitative estimate of drug-likeness (QED) is 0.0261. The predicted octanol–water partition coefficient (Wildman–Crippen LogP) is 24.4. The van der Waals surface area contributed by atoms with Gasteiger partial charge in [0.1, 0.15) is 13.2 Å². The molecule has 6 heteroatoms. The summed E-state index contributed by atoms with van der Waals surface area (Å²) in [6.45, 7) is 6.56. The van der Waals surface area contributed by atoms with E-state index in [0.717, 1.165) is 109 Å². The SMILES string of the molecule is CC/C=C\C/C=C\C/C=C\C/C=C\C/C=C\C/C=C\C/C=C\CCCCCCCCCCCC(=O)OCC(COC(=O)CCCCCCCCCCCCCC)OC(=O)CCCCCCCCCCC/C=C\CCCCCCCCCC. The van der Waals surface area contributed by atoms with Crippen LogP contribution in [0.4, 0.5) is 0 Å². The number of carbonyl (C=O) groups excluding carboxylic acids is 3. The van der Waals surface area contributed by atoms with E-state index < -0.39 is 6.10 Å². The van der Waals surface area contributed by atoms with Crippen LogP contribution in [0.15, 0.2) is 97.2 Å². The molecule has 0 saturated heterocycles. The van der Waals surface area contributed by atoms with E-state index >= 15 is 0 Å². The van der Waals surface area contributed by atoms with Crippen LogP contribution in [-0.4, -0.2) is 37.2 Å². The van der Waals surface area contributed by atoms with Crippen molar-refractivity contribution in [3.05, 3.63) is 97.2 Å². The number of hydrogen-bond donors (Lipinski definition) is 0. The first-order valence-electron chi connectivity index (χ1n) is 35.2. The highest BCUT2D eigenvalue weighted by Gasteiger charge is 2.19. The fraction of sp³-hybridized carbons (Fsp3) is 0.750. The van der Waals surface area contributed by atoms with Crippen LogP contribution < -0.4 is 0 Å². The van der Waals surface area contributed by atoms with E-state index in [9.17, 15) is 14.4 Å². The van der Waals surface area contributed by atoms with Gasteiger partial charge in [0.2, 0.25) is 0 Å². The molecule has 0 aliphatic heterocycles. The van der Waals surface area contributed by atoms with Crippen LogP contribution in [0.5, 0.6) is 0 Å². The minimum atomic E-state index is -0.780. The Morgan fingerprint density at radius 1 is 0.256 bits per heavy atom. The molecule has 0 aromatic carbocycles. The first-order valence-corrected chi connectivity index (χ1v) is 35.2. The number of unbranched alkanes of at least 4 members (excludes halogenated alkanes) is 37. The number of esters is 3. The van der Waals surface area contributed by atoms with Crippen molar-refractivity contribution < 1.29 is 28.6 Å². The summed E-state index contributed by atoms with van der Waals surface area (Å²) < 4.78 is 17.0. The third-order valence-corrected chi connectivity index (χ3v) is 15.3. The summed E-state index contributed by atoms with van der Waals surface area (Å²) in [5, 5.41) is 0. The van der Waals surface area contributed by atoms with Crippen molar-refractivity contribution in [2.24, 2.45) is 0 Å². The second-order valence-electron chi connectivity index (χ2n) is 23.4. The minimum Gasteiger partial charge on any atom is -0.462 e. The molecule has 0 heterocycles. The van der Waals surface area contributed by atoms with Crippen LogP contribution in [-0.2, 0) is 28.6 Å². The van der Waals surface area contributed by atoms with E-state index in [1.807, 2.05) is 0 Å². The lowest BCUT2D eigenvalue weighted by Crippen LogP contribution is -2.30. The maximum atomic E-state index is 12.9. The van der Waals surface area contributed by atoms with E-state index in [0.29, 0.717) is 19.3 Å². The molecule has 0 fully saturated rings. The molecule has 0 aromatic rings. The van der Waals surface area contributed by atoms with Crippen molar-refractivity contribution in [3.63, 3.8) is 0 Å². The summed E-state index contributed by atoms with van der Waals surface area (Å²) in [6, 6.07) is 0. The largest absolute Gasteiger partial charge is 0.462 e. The molecule has 0 spiro atoms. The number of allylic oxidation sites excluding steroid dienone is 16. The number of ether oxygens (including phenoxy) is 3. The first kappa shape index (κ1) is 78.3. The topological polar surface area (TPSA) is 78.9 Å². The first-order chi connectivity index (χ1) is 40.5. The van der Waals surface area contributed by atoms with E-state index in [1.165, 1.54) is 199 Å². The molecule has 0 saturated carbocycles. The highest BCUT2D eigenvalue weighted by atomic mass is 16.6. The monoisotopic (exact) mass is 1140 g/mol. The van der Waals surface area contributed by atoms with Gasteiger partial charge in [0.05, 0.1) is 0 Å². The zero-order valence-corrected chi connectivity index (χ0v) is 54.2. The van der Waals surface area contributed by atoms with E-state index in [-0.39, 0.29) is 31.1 Å². The Kier molecular flexibility index (Phi) is 66.7. The van der Waals surface area contributed by atoms with Crippen molar-refractivity contribution in [1.29, 1.82) is 0 Å². The summed E-state index contributed by atoms with van der Waals surface area (Å²) in [7, 11) is 0. The Labute approximate surface area is 508 Å². The van der Waals surface area contributed by atoms with Crippen molar-refractivity contribution in [1.82, 2.24) is 0 Å². The number of rotatable bonds is 64. The molecule has 0 rings (SSSR count). The molecule has 1 unspecified atom stereocenters. The minimum absolute atomic E-state index is 0.0759. The molecule has 0 radical (unpaired) electrons. The fourth-order valence-electron chi connectivity index (χ4n) is 10.1. The number of hydrogen-bond acceptors (Lipinski definition) is 6. The van der Waals surface area contributed by atoms with Gasteiger partial charge in [-0.1, -0.05) is 323 Å². The molecular weight excluding hydrogens is 1010 g/mol. The molecule has 0 amide bonds. The Morgan fingerprint density at radius 3 is 0.756 bits per heavy atom. The maximum Gasteiger partial charge on any atom is 0.306 e. The zero-order valence-electron chi connectivity index (χ0n) is 54.2. The standard InChI is InChI=1S/C76H132O6/c1-4-7-10-13-16-19-22-25-27-29-31-33-34-35-36-37-38-39-40-41-42-44-45-47-49-51-54-57-60-63-66-69-75(78)81-72-73(71-80-74(77)68-65-62-59-56-53-24-21-18-15-12-9-6-3)82-76(79)70-67-64-61-58-55-52-50-48-46-43-32-30-28-26-23-20-17-14-11-8-5-2/h7,10,16,19,25,27,30-33,35-36,38-39,41-42,73H,4-6,8-9,11-15,17-18,20-24,26,28-29,34,37,40,43-72H2,1-3H3/b10-7-,19-16-,27-25-,32-30-,33-31-,36-35-,39-38-,42-41-. The van der Waals surface area contributed by atoms with E-state index in [1.54, 1.807) is 0 Å². The van der Waals surface area contributed by atoms with Gasteiger partial charge in [0.25, 0.3) is 0 Å². The molecule has 0 bridgehead atoms. The van der Waals surface area contributed by atoms with Gasteiger partial charge >= 0.3 is 17.9 Å². The third kappa shape index (κ3) is 67.1. The summed E-state index contributed by atoms with van der Waals surface area (Å²) in [6.07, 6.45) is 94.3. The Balaban J connectivity index is 4.26. The molecule has 0 N–H and O–H groups in total. The average molecular weight is 1140 g/mol. The van der Waals surface area contributed by atoms with Gasteiger partial charge in [0.15, 0.2) is 6.10 Å². The summed E-state index contributed by atoms with van der Waals surface area (Å²) in [5.74, 6) is -0.868. The van der Waals surface area contributed by atoms with Crippen LogP contribution in [0.2, 0.25) is 0 Å². The molecule has 1 atom stereocenters. The summed E-state index contributed by atoms with van der Waals surface area (Å²) in [4.78, 5) is 38.4. The zero-order chi connectivity index (χ0) is 59.2. The average Bonchev–Trinajstić information content (AvgIpc) is 3.47. The van der Waals surface area contributed by atoms with E-state index in [2.05, 4.69) is 118 Å². The Hall–Kier alpha value is -3.67. The molecule has 0 aliphatic carbocycles. The van der Waals surface area contributed by atoms with Crippen LogP contribution in [0, 0.1) is 0 Å². The van der Waals surface area contributed by atoms with Crippen LogP contribution >= 0.6 is 0 Å². The normalized spacial score (nSPS) is 12.7. The highest BCUT2D eigenvalue weighted by Crippen LogP contribution is 2.17. The molecule has 0 aromatic heterocycles. The van der Waals surface area contributed by atoms with Gasteiger partial charge in [-0.2, -0.15) is 0 Å².